The van der Waals surface area contributed by atoms with Gasteiger partial charge in [-0.2, -0.15) is 4.79 Å². The molecule has 15 heavy (non-hydrogen) atoms. The number of allylic oxidation sites excluding steroid dienone is 1. The number of hydrogen-bond acceptors (Lipinski definition) is 1. The van der Waals surface area contributed by atoms with Crippen molar-refractivity contribution in [3.63, 3.8) is 0 Å². The van der Waals surface area contributed by atoms with Gasteiger partial charge in [0.25, 0.3) is 0 Å². The van der Waals surface area contributed by atoms with Gasteiger partial charge < -0.3 is 5.53 Å². The highest BCUT2D eigenvalue weighted by Gasteiger charge is 2.51. The summed E-state index contributed by atoms with van der Waals surface area (Å²) in [6.07, 6.45) is 5.09. The average Bonchev–Trinajstić information content (AvgIpc) is 2.71. The first kappa shape index (κ1) is 10.3. The highest BCUT2D eigenvalue weighted by atomic mass is 16.1. The summed E-state index contributed by atoms with van der Waals surface area (Å²) in [5.74, 6) is 1.12. The van der Waals surface area contributed by atoms with Crippen molar-refractivity contribution in [2.45, 2.75) is 32.6 Å². The summed E-state index contributed by atoms with van der Waals surface area (Å²) in [4.78, 5) is 14.3. The molecule has 2 saturated carbocycles. The summed E-state index contributed by atoms with van der Waals surface area (Å²) >= 11 is 0. The van der Waals surface area contributed by atoms with Gasteiger partial charge in [0, 0.05) is 6.42 Å². The predicted octanol–water partition coefficient (Wildman–Crippen LogP) is 2.24. The molecule has 80 valence electrons. The lowest BCUT2D eigenvalue weighted by molar-refractivity contribution is -0.118. The summed E-state index contributed by atoms with van der Waals surface area (Å²) < 4.78 is 0. The van der Waals surface area contributed by atoms with Gasteiger partial charge in [-0.3, -0.25) is 4.79 Å². The second-order valence-electron chi connectivity index (χ2n) is 5.04. The standard InChI is InChI=1S/C12H16N2O/c1-8-9-3-4-10(5-9)12(8,2)6-11(15)7-14-13/h7,9-10H,1,3-6H2,2H3/t9-,10+,12+/m0/s1. The van der Waals surface area contributed by atoms with Crippen LogP contribution >= 0.6 is 0 Å². The van der Waals surface area contributed by atoms with E-state index >= 15 is 0 Å². The Morgan fingerprint density at radius 2 is 2.47 bits per heavy atom. The van der Waals surface area contributed by atoms with Gasteiger partial charge in [0.15, 0.2) is 0 Å². The van der Waals surface area contributed by atoms with Crippen molar-refractivity contribution < 1.29 is 9.58 Å². The molecule has 0 amide bonds. The highest BCUT2D eigenvalue weighted by molar-refractivity contribution is 6.25. The summed E-state index contributed by atoms with van der Waals surface area (Å²) in [6.45, 7) is 6.27. The molecule has 3 nitrogen and oxygen atoms in total. The van der Waals surface area contributed by atoms with Gasteiger partial charge in [-0.1, -0.05) is 19.1 Å². The van der Waals surface area contributed by atoms with E-state index in [2.05, 4.69) is 18.3 Å². The van der Waals surface area contributed by atoms with Gasteiger partial charge in [0.2, 0.25) is 5.78 Å². The second kappa shape index (κ2) is 3.42. The summed E-state index contributed by atoms with van der Waals surface area (Å²) in [5.41, 5.74) is 9.50. The Bertz CT molecular complexity index is 368. The topological polar surface area (TPSA) is 53.5 Å². The van der Waals surface area contributed by atoms with Crippen LogP contribution < -0.4 is 0 Å². The first-order valence-electron chi connectivity index (χ1n) is 5.47. The zero-order valence-corrected chi connectivity index (χ0v) is 9.07. The van der Waals surface area contributed by atoms with Gasteiger partial charge >= 0.3 is 6.21 Å². The fourth-order valence-corrected chi connectivity index (χ4v) is 3.34. The zero-order chi connectivity index (χ0) is 11.1. The van der Waals surface area contributed by atoms with Crippen molar-refractivity contribution in [3.05, 3.63) is 17.7 Å². The van der Waals surface area contributed by atoms with Crippen LogP contribution in [0.5, 0.6) is 0 Å². The molecular weight excluding hydrogens is 188 g/mol. The SMILES string of the molecule is C=C1[C@H]2CC[C@H](C2)[C@]1(C)CC(=O)C=[N+]=[N-]. The molecule has 0 N–H and O–H groups in total. The van der Waals surface area contributed by atoms with Crippen molar-refractivity contribution in [1.82, 2.24) is 0 Å². The summed E-state index contributed by atoms with van der Waals surface area (Å²) in [5, 5.41) is 0. The molecule has 2 fully saturated rings. The molecule has 0 aromatic rings. The lowest BCUT2D eigenvalue weighted by Gasteiger charge is -2.34. The van der Waals surface area contributed by atoms with Gasteiger partial charge in [-0.25, -0.2) is 0 Å². The molecule has 3 atom stereocenters. The Balaban J connectivity index is 2.17. The predicted molar refractivity (Wildman–Crippen MR) is 57.4 cm³/mol. The molecule has 2 bridgehead atoms. The van der Waals surface area contributed by atoms with Crippen LogP contribution in [0.4, 0.5) is 0 Å². The molecule has 2 rings (SSSR count). The molecule has 2 aliphatic rings. The average molecular weight is 204 g/mol. The van der Waals surface area contributed by atoms with Crippen LogP contribution in [0.3, 0.4) is 0 Å². The molecule has 0 aliphatic heterocycles. The molecule has 0 spiro atoms. The van der Waals surface area contributed by atoms with E-state index in [9.17, 15) is 4.79 Å². The van der Waals surface area contributed by atoms with Crippen LogP contribution in [-0.2, 0) is 4.79 Å². The minimum atomic E-state index is -0.103. The first-order chi connectivity index (χ1) is 7.08. The number of fused-ring (bicyclic) bond motifs is 2. The third-order valence-corrected chi connectivity index (χ3v) is 4.30. The number of carbonyl (C=O) groups excluding carboxylic acids is 1. The molecule has 0 heterocycles. The Labute approximate surface area is 89.8 Å². The second-order valence-corrected chi connectivity index (χ2v) is 5.04. The lowest BCUT2D eigenvalue weighted by atomic mass is 9.69. The Morgan fingerprint density at radius 1 is 1.73 bits per heavy atom. The summed E-state index contributed by atoms with van der Waals surface area (Å²) in [6, 6.07) is 0. The van der Waals surface area contributed by atoms with E-state index in [1.165, 1.54) is 24.8 Å². The number of nitrogens with zero attached hydrogens (tertiary/aromatic N) is 2. The fourth-order valence-electron chi connectivity index (χ4n) is 3.34. The molecule has 0 aromatic carbocycles. The van der Waals surface area contributed by atoms with Gasteiger partial charge in [0.1, 0.15) is 0 Å². The molecule has 0 saturated heterocycles. The van der Waals surface area contributed by atoms with Crippen LogP contribution in [-0.4, -0.2) is 16.8 Å². The van der Waals surface area contributed by atoms with E-state index in [0.717, 1.165) is 6.21 Å². The smallest absolute Gasteiger partial charge is 0.323 e. The van der Waals surface area contributed by atoms with Crippen LogP contribution in [0.1, 0.15) is 32.6 Å². The molecule has 2 aliphatic carbocycles. The van der Waals surface area contributed by atoms with Crippen molar-refractivity contribution in [2.75, 3.05) is 0 Å². The van der Waals surface area contributed by atoms with Crippen LogP contribution in [0.15, 0.2) is 12.2 Å². The molecular formula is C12H16N2O. The van der Waals surface area contributed by atoms with Crippen LogP contribution in [0.2, 0.25) is 0 Å². The number of ketones is 1. The van der Waals surface area contributed by atoms with E-state index in [-0.39, 0.29) is 11.2 Å². The number of rotatable bonds is 3. The lowest BCUT2D eigenvalue weighted by Crippen LogP contribution is -2.29. The van der Waals surface area contributed by atoms with Crippen molar-refractivity contribution >= 4 is 12.0 Å². The maximum absolute atomic E-state index is 11.5. The summed E-state index contributed by atoms with van der Waals surface area (Å²) in [7, 11) is 0. The largest absolute Gasteiger partial charge is 0.361 e. The number of carbonyl (C=O) groups is 1. The Hall–Kier alpha value is -1.21. The van der Waals surface area contributed by atoms with E-state index in [1.54, 1.807) is 0 Å². The molecule has 0 aromatic heterocycles. The third-order valence-electron chi connectivity index (χ3n) is 4.30. The zero-order valence-electron chi connectivity index (χ0n) is 9.07. The monoisotopic (exact) mass is 204 g/mol. The van der Waals surface area contributed by atoms with E-state index in [0.29, 0.717) is 18.3 Å². The molecule has 0 unspecified atom stereocenters. The minimum absolute atomic E-state index is 0.0544. The normalized spacial score (nSPS) is 37.8. The third kappa shape index (κ3) is 1.47. The Morgan fingerprint density at radius 3 is 3.00 bits per heavy atom. The van der Waals surface area contributed by atoms with E-state index < -0.39 is 0 Å². The van der Waals surface area contributed by atoms with Gasteiger partial charge in [0.05, 0.1) is 0 Å². The highest BCUT2D eigenvalue weighted by Crippen LogP contribution is 2.60. The van der Waals surface area contributed by atoms with Crippen molar-refractivity contribution in [1.29, 1.82) is 0 Å². The van der Waals surface area contributed by atoms with Crippen LogP contribution in [0, 0.1) is 17.3 Å². The minimum Gasteiger partial charge on any atom is -0.361 e. The van der Waals surface area contributed by atoms with Crippen LogP contribution in [0.25, 0.3) is 5.53 Å². The fraction of sp³-hybridized carbons (Fsp3) is 0.667. The van der Waals surface area contributed by atoms with Crippen molar-refractivity contribution in [2.24, 2.45) is 17.3 Å². The maximum atomic E-state index is 11.5. The first-order valence-corrected chi connectivity index (χ1v) is 5.47. The molecule has 0 radical (unpaired) electrons. The maximum Gasteiger partial charge on any atom is 0.323 e. The Kier molecular flexibility index (Phi) is 2.35. The van der Waals surface area contributed by atoms with Gasteiger partial charge in [-0.05, 0) is 36.5 Å². The van der Waals surface area contributed by atoms with Gasteiger partial charge in [-0.15, -0.1) is 0 Å². The van der Waals surface area contributed by atoms with E-state index in [4.69, 9.17) is 5.53 Å². The quantitative estimate of drug-likeness (QED) is 0.301. The van der Waals surface area contributed by atoms with E-state index in [1.807, 2.05) is 0 Å². The number of Topliss-reactive ketones (excluding diaryl/α,β-unsaturated/α-hetero) is 1. The number of hydrogen-bond donors (Lipinski definition) is 0. The van der Waals surface area contributed by atoms with Crippen molar-refractivity contribution in [3.8, 4) is 0 Å². The molecule has 3 heteroatoms.